The predicted molar refractivity (Wildman–Crippen MR) is 109 cm³/mol. The summed E-state index contributed by atoms with van der Waals surface area (Å²) in [5.74, 6) is -0.244. The first-order valence-electron chi connectivity index (χ1n) is 10.4. The summed E-state index contributed by atoms with van der Waals surface area (Å²) in [6, 6.07) is 7.42. The third kappa shape index (κ3) is 4.07. The van der Waals surface area contributed by atoms with Gasteiger partial charge in [0.2, 0.25) is 5.91 Å². The minimum Gasteiger partial charge on any atom is -0.378 e. The molecule has 3 aliphatic rings. The molecular weight excluding hydrogens is 372 g/mol. The SMILES string of the molecule is O=C(CCCN1C(=O)NC2(CCCC2)C1=O)Nc1ccccc1N1CCOCC1. The van der Waals surface area contributed by atoms with E-state index in [1.807, 2.05) is 24.3 Å². The molecule has 2 saturated heterocycles. The van der Waals surface area contributed by atoms with Gasteiger partial charge in [0.15, 0.2) is 0 Å². The Morgan fingerprint density at radius 2 is 1.86 bits per heavy atom. The standard InChI is InChI=1S/C21H28N4O4/c26-18(22-16-6-1-2-7-17(16)24-12-14-29-15-13-24)8-5-11-25-19(27)21(23-20(25)28)9-3-4-10-21/h1-2,6-7H,3-5,8-15H2,(H,22,26)(H,23,28). The highest BCUT2D eigenvalue weighted by Gasteiger charge is 2.52. The molecule has 29 heavy (non-hydrogen) atoms. The lowest BCUT2D eigenvalue weighted by molar-refractivity contribution is -0.131. The van der Waals surface area contributed by atoms with Crippen molar-refractivity contribution in [3.63, 3.8) is 0 Å². The maximum Gasteiger partial charge on any atom is 0.325 e. The summed E-state index contributed by atoms with van der Waals surface area (Å²) in [6.07, 6.45) is 4.05. The van der Waals surface area contributed by atoms with Crippen molar-refractivity contribution in [3.05, 3.63) is 24.3 Å². The van der Waals surface area contributed by atoms with Crippen LogP contribution in [0.15, 0.2) is 24.3 Å². The number of imide groups is 1. The lowest BCUT2D eigenvalue weighted by atomic mass is 9.98. The first-order chi connectivity index (χ1) is 14.1. The zero-order chi connectivity index (χ0) is 20.3. The van der Waals surface area contributed by atoms with Gasteiger partial charge in [-0.15, -0.1) is 0 Å². The second kappa shape index (κ2) is 8.41. The maximum atomic E-state index is 12.7. The van der Waals surface area contributed by atoms with E-state index in [9.17, 15) is 14.4 Å². The zero-order valence-electron chi connectivity index (χ0n) is 16.6. The summed E-state index contributed by atoms with van der Waals surface area (Å²) in [6.45, 7) is 3.21. The molecule has 8 nitrogen and oxygen atoms in total. The van der Waals surface area contributed by atoms with Crippen molar-refractivity contribution in [2.24, 2.45) is 0 Å². The first kappa shape index (κ1) is 19.7. The highest BCUT2D eigenvalue weighted by Crippen LogP contribution is 2.35. The van der Waals surface area contributed by atoms with E-state index in [-0.39, 0.29) is 30.8 Å². The Morgan fingerprint density at radius 1 is 1.14 bits per heavy atom. The van der Waals surface area contributed by atoms with Gasteiger partial charge in [-0.3, -0.25) is 14.5 Å². The molecule has 2 heterocycles. The van der Waals surface area contributed by atoms with E-state index >= 15 is 0 Å². The van der Waals surface area contributed by atoms with Gasteiger partial charge in [-0.25, -0.2) is 4.79 Å². The summed E-state index contributed by atoms with van der Waals surface area (Å²) in [4.78, 5) is 40.8. The normalized spacial score (nSPS) is 21.0. The van der Waals surface area contributed by atoms with Gasteiger partial charge in [0.25, 0.3) is 5.91 Å². The number of morpholine rings is 1. The Balaban J connectivity index is 1.30. The fourth-order valence-electron chi connectivity index (χ4n) is 4.47. The average molecular weight is 400 g/mol. The third-order valence-electron chi connectivity index (χ3n) is 6.02. The van der Waals surface area contributed by atoms with E-state index in [1.54, 1.807) is 0 Å². The van der Waals surface area contributed by atoms with Gasteiger partial charge in [-0.1, -0.05) is 25.0 Å². The number of benzene rings is 1. The first-order valence-corrected chi connectivity index (χ1v) is 10.4. The summed E-state index contributed by atoms with van der Waals surface area (Å²) < 4.78 is 5.40. The second-order valence-corrected chi connectivity index (χ2v) is 7.94. The number of para-hydroxylation sites is 2. The summed E-state index contributed by atoms with van der Waals surface area (Å²) in [5.41, 5.74) is 1.08. The van der Waals surface area contributed by atoms with Crippen molar-refractivity contribution in [2.45, 2.75) is 44.1 Å². The minimum absolute atomic E-state index is 0.117. The lowest BCUT2D eigenvalue weighted by Crippen LogP contribution is -2.44. The summed E-state index contributed by atoms with van der Waals surface area (Å²) >= 11 is 0. The highest BCUT2D eigenvalue weighted by atomic mass is 16.5. The van der Waals surface area contributed by atoms with Crippen molar-refractivity contribution in [3.8, 4) is 0 Å². The Bertz CT molecular complexity index is 785. The van der Waals surface area contributed by atoms with Crippen molar-refractivity contribution >= 4 is 29.2 Å². The van der Waals surface area contributed by atoms with Gasteiger partial charge < -0.3 is 20.3 Å². The molecule has 4 rings (SSSR count). The molecule has 1 saturated carbocycles. The largest absolute Gasteiger partial charge is 0.378 e. The molecule has 0 radical (unpaired) electrons. The van der Waals surface area contributed by atoms with Crippen LogP contribution in [0.3, 0.4) is 0 Å². The summed E-state index contributed by atoms with van der Waals surface area (Å²) in [7, 11) is 0. The van der Waals surface area contributed by atoms with E-state index in [0.29, 0.717) is 32.5 Å². The number of hydrogen-bond acceptors (Lipinski definition) is 5. The monoisotopic (exact) mass is 400 g/mol. The van der Waals surface area contributed by atoms with Crippen molar-refractivity contribution in [1.29, 1.82) is 0 Å². The Morgan fingerprint density at radius 3 is 2.62 bits per heavy atom. The van der Waals surface area contributed by atoms with Gasteiger partial charge in [0.05, 0.1) is 24.6 Å². The number of anilines is 2. The molecule has 4 amide bonds. The lowest BCUT2D eigenvalue weighted by Gasteiger charge is -2.30. The summed E-state index contributed by atoms with van der Waals surface area (Å²) in [5, 5.41) is 5.85. The molecule has 0 unspecified atom stereocenters. The van der Waals surface area contributed by atoms with Crippen LogP contribution >= 0.6 is 0 Å². The van der Waals surface area contributed by atoms with Crippen LogP contribution in [-0.4, -0.2) is 61.1 Å². The molecule has 2 N–H and O–H groups in total. The van der Waals surface area contributed by atoms with Crippen LogP contribution in [0.4, 0.5) is 16.2 Å². The van der Waals surface area contributed by atoms with E-state index in [4.69, 9.17) is 4.74 Å². The molecular formula is C21H28N4O4. The molecule has 1 aromatic rings. The van der Waals surface area contributed by atoms with Gasteiger partial charge in [0, 0.05) is 26.1 Å². The van der Waals surface area contributed by atoms with E-state index in [0.717, 1.165) is 37.3 Å². The maximum absolute atomic E-state index is 12.7. The van der Waals surface area contributed by atoms with E-state index in [1.165, 1.54) is 4.90 Å². The molecule has 3 fully saturated rings. The number of nitrogens with one attached hydrogen (secondary N) is 2. The second-order valence-electron chi connectivity index (χ2n) is 7.94. The number of urea groups is 1. The van der Waals surface area contributed by atoms with Crippen molar-refractivity contribution < 1.29 is 19.1 Å². The van der Waals surface area contributed by atoms with Gasteiger partial charge in [0.1, 0.15) is 5.54 Å². The zero-order valence-corrected chi connectivity index (χ0v) is 16.6. The third-order valence-corrected chi connectivity index (χ3v) is 6.02. The van der Waals surface area contributed by atoms with Gasteiger partial charge >= 0.3 is 6.03 Å². The number of nitrogens with zero attached hydrogens (tertiary/aromatic N) is 2. The highest BCUT2D eigenvalue weighted by molar-refractivity contribution is 6.07. The number of amides is 4. The molecule has 1 spiro atoms. The average Bonchev–Trinajstić information content (AvgIpc) is 3.29. The molecule has 156 valence electrons. The minimum atomic E-state index is -0.684. The van der Waals surface area contributed by atoms with Crippen LogP contribution in [-0.2, 0) is 14.3 Å². The number of carbonyl (C=O) groups excluding carboxylic acids is 3. The Labute approximate surface area is 170 Å². The molecule has 1 aromatic carbocycles. The van der Waals surface area contributed by atoms with E-state index < -0.39 is 5.54 Å². The topological polar surface area (TPSA) is 91.0 Å². The number of carbonyl (C=O) groups is 3. The Kier molecular flexibility index (Phi) is 5.71. The smallest absolute Gasteiger partial charge is 0.325 e. The fraction of sp³-hybridized carbons (Fsp3) is 0.571. The predicted octanol–water partition coefficient (Wildman–Crippen LogP) is 2.11. The molecule has 8 heteroatoms. The van der Waals surface area contributed by atoms with Crippen LogP contribution in [0.25, 0.3) is 0 Å². The number of hydrogen-bond donors (Lipinski definition) is 2. The molecule has 2 aliphatic heterocycles. The van der Waals surface area contributed by atoms with Crippen LogP contribution in [0.5, 0.6) is 0 Å². The molecule has 1 aliphatic carbocycles. The molecule has 0 bridgehead atoms. The number of rotatable bonds is 6. The number of ether oxygens (including phenoxy) is 1. The van der Waals surface area contributed by atoms with Crippen LogP contribution < -0.4 is 15.5 Å². The molecule has 0 atom stereocenters. The van der Waals surface area contributed by atoms with Crippen LogP contribution in [0.1, 0.15) is 38.5 Å². The van der Waals surface area contributed by atoms with Crippen molar-refractivity contribution in [1.82, 2.24) is 10.2 Å². The van der Waals surface area contributed by atoms with Crippen molar-refractivity contribution in [2.75, 3.05) is 43.1 Å². The van der Waals surface area contributed by atoms with Gasteiger partial charge in [-0.2, -0.15) is 0 Å². The van der Waals surface area contributed by atoms with Crippen LogP contribution in [0, 0.1) is 0 Å². The quantitative estimate of drug-likeness (QED) is 0.714. The van der Waals surface area contributed by atoms with E-state index in [2.05, 4.69) is 15.5 Å². The molecule has 0 aromatic heterocycles. The fourth-order valence-corrected chi connectivity index (χ4v) is 4.47. The Hall–Kier alpha value is -2.61. The van der Waals surface area contributed by atoms with Gasteiger partial charge in [-0.05, 0) is 31.4 Å². The van der Waals surface area contributed by atoms with Crippen LogP contribution in [0.2, 0.25) is 0 Å².